The van der Waals surface area contributed by atoms with Crippen LogP contribution in [0, 0.1) is 0 Å². The van der Waals surface area contributed by atoms with Gasteiger partial charge in [-0.2, -0.15) is 0 Å². The number of aliphatic carboxylic acids is 1. The Morgan fingerprint density at radius 1 is 1.05 bits per heavy atom. The van der Waals surface area contributed by atoms with Crippen molar-refractivity contribution in [1.29, 1.82) is 0 Å². The first-order valence-electron chi connectivity index (χ1n) is 5.96. The lowest BCUT2D eigenvalue weighted by Gasteiger charge is -2.13. The highest BCUT2D eigenvalue weighted by molar-refractivity contribution is 7.45. The van der Waals surface area contributed by atoms with Crippen molar-refractivity contribution in [3.05, 3.63) is 0 Å². The number of unbranched alkanes of at least 4 members (excludes halogenated alkanes) is 2. The van der Waals surface area contributed by atoms with E-state index in [0.717, 1.165) is 25.7 Å². The molecule has 0 aliphatic carbocycles. The van der Waals surface area contributed by atoms with Crippen LogP contribution in [0.1, 0.15) is 39.5 Å². The molecule has 0 fully saturated rings. The van der Waals surface area contributed by atoms with E-state index in [2.05, 4.69) is 0 Å². The second-order valence-electron chi connectivity index (χ2n) is 3.63. The van der Waals surface area contributed by atoms with Gasteiger partial charge in [-0.25, -0.2) is 9.36 Å². The first-order chi connectivity index (χ1) is 8.72. The van der Waals surface area contributed by atoms with Crippen LogP contribution in [0.25, 0.3) is 0 Å². The molecule has 0 aromatic rings. The molecule has 0 bridgehead atoms. The molecule has 116 valence electrons. The van der Waals surface area contributed by atoms with Gasteiger partial charge in [0.15, 0.2) is 0 Å². The fourth-order valence-corrected chi connectivity index (χ4v) is 0.860. The minimum atomic E-state index is -4.64. The van der Waals surface area contributed by atoms with Gasteiger partial charge in [-0.05, 0) is 12.8 Å². The highest BCUT2D eigenvalue weighted by Gasteiger charge is 2.17. The fraction of sp³-hybridized carbons (Fsp3) is 0.900. The molecule has 0 radical (unpaired) electrons. The molecule has 0 saturated carbocycles. The zero-order chi connectivity index (χ0) is 15.3. The summed E-state index contributed by atoms with van der Waals surface area (Å²) in [4.78, 5) is 32.2. The number of carboxylic acids is 1. The monoisotopic (exact) mass is 302 g/mol. The van der Waals surface area contributed by atoms with E-state index in [1.165, 1.54) is 0 Å². The van der Waals surface area contributed by atoms with Gasteiger partial charge in [0.25, 0.3) is 6.29 Å². The van der Waals surface area contributed by atoms with E-state index in [-0.39, 0.29) is 0 Å². The summed E-state index contributed by atoms with van der Waals surface area (Å²) in [7, 11) is -4.64. The molecule has 4 N–H and O–H groups in total. The number of carboxylic acid groups (broad SMARTS) is 1. The number of hydrogen-bond donors (Lipinski definition) is 4. The summed E-state index contributed by atoms with van der Waals surface area (Å²) in [6, 6.07) is 0. The molecule has 0 atom stereocenters. The molecule has 0 rings (SSSR count). The summed E-state index contributed by atoms with van der Waals surface area (Å²) in [6.45, 7) is 4.94. The van der Waals surface area contributed by atoms with Gasteiger partial charge < -0.3 is 29.3 Å². The first-order valence-corrected chi connectivity index (χ1v) is 7.53. The van der Waals surface area contributed by atoms with E-state index in [1.54, 1.807) is 0 Å². The van der Waals surface area contributed by atoms with Crippen molar-refractivity contribution in [3.63, 3.8) is 0 Å². The van der Waals surface area contributed by atoms with Crippen molar-refractivity contribution in [3.8, 4) is 0 Å². The number of hydrogen-bond acceptors (Lipinski definition) is 4. The molecule has 0 unspecified atom stereocenters. The molecule has 0 aromatic carbocycles. The lowest BCUT2D eigenvalue weighted by molar-refractivity contribution is -0.189. The average molecular weight is 302 g/mol. The van der Waals surface area contributed by atoms with Gasteiger partial charge >= 0.3 is 13.8 Å². The summed E-state index contributed by atoms with van der Waals surface area (Å²) < 4.78 is 19.0. The number of phosphoric acid groups is 1. The molecular formula is C10H23O8P. The Labute approximate surface area is 112 Å². The molecule has 0 heterocycles. The molecule has 0 saturated heterocycles. The number of rotatable bonds is 9. The predicted molar refractivity (Wildman–Crippen MR) is 67.4 cm³/mol. The van der Waals surface area contributed by atoms with Crippen molar-refractivity contribution >= 4 is 13.8 Å². The molecule has 8 nitrogen and oxygen atoms in total. The van der Waals surface area contributed by atoms with Gasteiger partial charge in [0.1, 0.15) is 0 Å². The summed E-state index contributed by atoms with van der Waals surface area (Å²) in [5.41, 5.74) is 0. The Hall–Kier alpha value is -0.500. The van der Waals surface area contributed by atoms with Gasteiger partial charge in [0, 0.05) is 0 Å². The van der Waals surface area contributed by atoms with Crippen molar-refractivity contribution < 1.29 is 38.6 Å². The highest BCUT2D eigenvalue weighted by Crippen LogP contribution is 2.25. The number of ether oxygens (including phenoxy) is 2. The van der Waals surface area contributed by atoms with E-state index < -0.39 is 20.1 Å². The smallest absolute Gasteiger partial charge is 0.466 e. The second kappa shape index (κ2) is 12.5. The van der Waals surface area contributed by atoms with E-state index >= 15 is 0 Å². The van der Waals surface area contributed by atoms with Crippen LogP contribution in [0.4, 0.5) is 0 Å². The third-order valence-electron chi connectivity index (χ3n) is 1.74. The Kier molecular flexibility index (Phi) is 13.7. The lowest BCUT2D eigenvalue weighted by Crippen LogP contribution is -2.28. The average Bonchev–Trinajstić information content (AvgIpc) is 2.25. The van der Waals surface area contributed by atoms with E-state index in [1.807, 2.05) is 13.8 Å². The van der Waals surface area contributed by atoms with E-state index in [4.69, 9.17) is 33.8 Å². The zero-order valence-electron chi connectivity index (χ0n) is 11.2. The zero-order valence-corrected chi connectivity index (χ0v) is 12.1. The maximum absolute atomic E-state index is 10.6. The maximum Gasteiger partial charge on any atom is 0.466 e. The normalized spacial score (nSPS) is 11.1. The minimum Gasteiger partial charge on any atom is -0.477 e. The molecular weight excluding hydrogens is 279 g/mol. The van der Waals surface area contributed by atoms with Gasteiger partial charge in [0.2, 0.25) is 0 Å². The van der Waals surface area contributed by atoms with Crippen molar-refractivity contribution in [2.75, 3.05) is 13.2 Å². The highest BCUT2D eigenvalue weighted by atomic mass is 31.2. The Balaban J connectivity index is 0. The van der Waals surface area contributed by atoms with Gasteiger partial charge in [0.05, 0.1) is 13.2 Å². The Morgan fingerprint density at radius 3 is 1.58 bits per heavy atom. The van der Waals surface area contributed by atoms with Gasteiger partial charge in [-0.3, -0.25) is 0 Å². The summed E-state index contributed by atoms with van der Waals surface area (Å²) in [5.74, 6) is -1.04. The molecule has 0 aliphatic heterocycles. The molecule has 9 heteroatoms. The topological polar surface area (TPSA) is 134 Å². The Morgan fingerprint density at radius 2 is 1.37 bits per heavy atom. The van der Waals surface area contributed by atoms with Gasteiger partial charge in [-0.1, -0.05) is 26.7 Å². The maximum atomic E-state index is 10.6. The third-order valence-corrected chi connectivity index (χ3v) is 1.74. The lowest BCUT2D eigenvalue weighted by atomic mass is 10.3. The fourth-order valence-electron chi connectivity index (χ4n) is 0.860. The third kappa shape index (κ3) is 23.1. The number of carbonyl (C=O) groups is 1. The van der Waals surface area contributed by atoms with Crippen molar-refractivity contribution in [2.45, 2.75) is 45.8 Å². The quantitative estimate of drug-likeness (QED) is 0.282. The standard InChI is InChI=1S/C10H20O4.H3O4P/c1-3-5-7-13-10(9(11)12)14-8-6-4-2;1-5(2,3)4/h10H,3-8H2,1-2H3,(H,11,12);(H3,1,2,3,4). The van der Waals surface area contributed by atoms with Crippen LogP contribution < -0.4 is 0 Å². The van der Waals surface area contributed by atoms with Gasteiger partial charge in [-0.15, -0.1) is 0 Å². The van der Waals surface area contributed by atoms with Crippen molar-refractivity contribution in [2.24, 2.45) is 0 Å². The second-order valence-corrected chi connectivity index (χ2v) is 4.66. The summed E-state index contributed by atoms with van der Waals surface area (Å²) >= 11 is 0. The Bertz CT molecular complexity index is 246. The van der Waals surface area contributed by atoms with Crippen LogP contribution in [-0.2, 0) is 18.8 Å². The van der Waals surface area contributed by atoms with Crippen LogP contribution in [0.15, 0.2) is 0 Å². The molecule has 0 amide bonds. The molecule has 19 heavy (non-hydrogen) atoms. The van der Waals surface area contributed by atoms with Crippen molar-refractivity contribution in [1.82, 2.24) is 0 Å². The van der Waals surface area contributed by atoms with E-state index in [0.29, 0.717) is 13.2 Å². The summed E-state index contributed by atoms with van der Waals surface area (Å²) in [6.07, 6.45) is 2.61. The van der Waals surface area contributed by atoms with Crippen LogP contribution in [-0.4, -0.2) is 45.3 Å². The molecule has 0 aliphatic rings. The first kappa shape index (κ1) is 20.8. The SMILES string of the molecule is CCCCOC(OCCCC)C(=O)O.O=P(O)(O)O. The molecule has 0 spiro atoms. The summed E-state index contributed by atoms with van der Waals surface area (Å²) in [5, 5.41) is 8.72. The largest absolute Gasteiger partial charge is 0.477 e. The van der Waals surface area contributed by atoms with Crippen LogP contribution in [0.5, 0.6) is 0 Å². The van der Waals surface area contributed by atoms with Crippen LogP contribution in [0.2, 0.25) is 0 Å². The van der Waals surface area contributed by atoms with E-state index in [9.17, 15) is 4.79 Å². The minimum absolute atomic E-state index is 0.444. The molecule has 0 aromatic heterocycles. The van der Waals surface area contributed by atoms with Crippen LogP contribution in [0.3, 0.4) is 0 Å². The van der Waals surface area contributed by atoms with Crippen LogP contribution >= 0.6 is 7.82 Å². The predicted octanol–water partition coefficient (Wildman–Crippen LogP) is 1.10.